The number of hydrogen-bond acceptors (Lipinski definition) is 6. The SMILES string of the molecule is Cc1csc(C(C)NS(=O)(=O)c2cc(C(=O)O)oc2C)n1. The highest BCUT2D eigenvalue weighted by molar-refractivity contribution is 7.89. The molecule has 0 saturated heterocycles. The summed E-state index contributed by atoms with van der Waals surface area (Å²) in [5, 5.41) is 11.3. The van der Waals surface area contributed by atoms with E-state index in [1.54, 1.807) is 6.92 Å². The van der Waals surface area contributed by atoms with Gasteiger partial charge in [-0.15, -0.1) is 11.3 Å². The molecule has 0 spiro atoms. The van der Waals surface area contributed by atoms with E-state index in [1.807, 2.05) is 12.3 Å². The topological polar surface area (TPSA) is 110 Å². The standard InChI is InChI=1S/C12H14N2O5S2/c1-6-5-20-11(13-6)7(2)14-21(17,18)10-4-9(12(15)16)19-8(10)3/h4-5,7,14H,1-3H3,(H,15,16). The van der Waals surface area contributed by atoms with Gasteiger partial charge < -0.3 is 9.52 Å². The van der Waals surface area contributed by atoms with E-state index in [0.29, 0.717) is 5.01 Å². The maximum Gasteiger partial charge on any atom is 0.371 e. The second kappa shape index (κ2) is 5.58. The molecule has 2 heterocycles. The molecule has 1 atom stereocenters. The number of nitrogens with one attached hydrogen (secondary N) is 1. The summed E-state index contributed by atoms with van der Waals surface area (Å²) in [6.07, 6.45) is 0. The van der Waals surface area contributed by atoms with Crippen LogP contribution in [0.15, 0.2) is 20.8 Å². The number of hydrogen-bond donors (Lipinski definition) is 2. The fourth-order valence-corrected chi connectivity index (χ4v) is 4.02. The monoisotopic (exact) mass is 330 g/mol. The highest BCUT2D eigenvalue weighted by Gasteiger charge is 2.26. The number of carboxylic acid groups (broad SMARTS) is 1. The van der Waals surface area contributed by atoms with Crippen molar-refractivity contribution in [1.29, 1.82) is 0 Å². The van der Waals surface area contributed by atoms with Crippen LogP contribution in [0.3, 0.4) is 0 Å². The van der Waals surface area contributed by atoms with Crippen LogP contribution in [0.5, 0.6) is 0 Å². The van der Waals surface area contributed by atoms with Crippen molar-refractivity contribution in [3.8, 4) is 0 Å². The predicted molar refractivity (Wildman–Crippen MR) is 76.0 cm³/mol. The third-order valence-electron chi connectivity index (χ3n) is 2.71. The summed E-state index contributed by atoms with van der Waals surface area (Å²) in [6, 6.07) is 0.482. The lowest BCUT2D eigenvalue weighted by Gasteiger charge is -2.11. The van der Waals surface area contributed by atoms with Crippen LogP contribution < -0.4 is 4.72 Å². The zero-order valence-electron chi connectivity index (χ0n) is 11.6. The second-order valence-electron chi connectivity index (χ2n) is 4.51. The van der Waals surface area contributed by atoms with Crippen LogP contribution >= 0.6 is 11.3 Å². The number of aromatic carboxylic acids is 1. The molecule has 0 fully saturated rings. The molecule has 21 heavy (non-hydrogen) atoms. The molecular formula is C12H14N2O5S2. The maximum absolute atomic E-state index is 12.3. The summed E-state index contributed by atoms with van der Waals surface area (Å²) in [5.41, 5.74) is 0.814. The van der Waals surface area contributed by atoms with Crippen molar-refractivity contribution in [3.05, 3.63) is 33.7 Å². The molecule has 2 aromatic heterocycles. The van der Waals surface area contributed by atoms with Gasteiger partial charge in [0.25, 0.3) is 0 Å². The van der Waals surface area contributed by atoms with E-state index in [1.165, 1.54) is 18.3 Å². The van der Waals surface area contributed by atoms with Gasteiger partial charge in [0.15, 0.2) is 0 Å². The number of aryl methyl sites for hydroxylation is 2. The summed E-state index contributed by atoms with van der Waals surface area (Å²) >= 11 is 1.35. The van der Waals surface area contributed by atoms with Gasteiger partial charge in [-0.3, -0.25) is 0 Å². The lowest BCUT2D eigenvalue weighted by molar-refractivity contribution is 0.0661. The molecule has 0 aromatic carbocycles. The van der Waals surface area contributed by atoms with Crippen LogP contribution in [0, 0.1) is 13.8 Å². The molecule has 0 bridgehead atoms. The number of furan rings is 1. The number of aromatic nitrogens is 1. The first-order valence-electron chi connectivity index (χ1n) is 5.99. The molecule has 2 aromatic rings. The fourth-order valence-electron chi connectivity index (χ4n) is 1.76. The lowest BCUT2D eigenvalue weighted by Crippen LogP contribution is -2.27. The Balaban J connectivity index is 2.28. The third kappa shape index (κ3) is 3.31. The Morgan fingerprint density at radius 1 is 1.48 bits per heavy atom. The van der Waals surface area contributed by atoms with Gasteiger partial charge in [-0.1, -0.05) is 0 Å². The minimum atomic E-state index is -3.88. The Kier molecular flexibility index (Phi) is 4.17. The molecule has 7 nitrogen and oxygen atoms in total. The smallest absolute Gasteiger partial charge is 0.371 e. The fraction of sp³-hybridized carbons (Fsp3) is 0.333. The van der Waals surface area contributed by atoms with Gasteiger partial charge >= 0.3 is 5.97 Å². The summed E-state index contributed by atoms with van der Waals surface area (Å²) < 4.78 is 32.0. The Hall–Kier alpha value is -1.71. The first-order chi connectivity index (χ1) is 9.70. The summed E-state index contributed by atoms with van der Waals surface area (Å²) in [5.74, 6) is -1.70. The highest BCUT2D eigenvalue weighted by atomic mass is 32.2. The van der Waals surface area contributed by atoms with Crippen molar-refractivity contribution in [2.75, 3.05) is 0 Å². The quantitative estimate of drug-likeness (QED) is 0.868. The summed E-state index contributed by atoms with van der Waals surface area (Å²) in [4.78, 5) is 14.9. The molecule has 1 unspecified atom stereocenters. The Morgan fingerprint density at radius 2 is 2.14 bits per heavy atom. The van der Waals surface area contributed by atoms with Crippen LogP contribution in [-0.4, -0.2) is 24.5 Å². The molecule has 0 aliphatic rings. The van der Waals surface area contributed by atoms with Gasteiger partial charge in [-0.25, -0.2) is 22.9 Å². The largest absolute Gasteiger partial charge is 0.475 e. The Labute approximate surface area is 125 Å². The van der Waals surface area contributed by atoms with Gasteiger partial charge in [0.2, 0.25) is 15.8 Å². The van der Waals surface area contributed by atoms with Gasteiger partial charge in [0.1, 0.15) is 15.7 Å². The zero-order valence-corrected chi connectivity index (χ0v) is 13.2. The van der Waals surface area contributed by atoms with Crippen molar-refractivity contribution in [2.45, 2.75) is 31.7 Å². The van der Waals surface area contributed by atoms with Crippen LogP contribution in [0.25, 0.3) is 0 Å². The Bertz CT molecular complexity index is 775. The number of sulfonamides is 1. The molecule has 114 valence electrons. The number of rotatable bonds is 5. The van der Waals surface area contributed by atoms with Crippen molar-refractivity contribution < 1.29 is 22.7 Å². The van der Waals surface area contributed by atoms with E-state index in [4.69, 9.17) is 9.52 Å². The van der Waals surface area contributed by atoms with E-state index in [-0.39, 0.29) is 10.7 Å². The minimum Gasteiger partial charge on any atom is -0.475 e. The molecule has 0 amide bonds. The van der Waals surface area contributed by atoms with E-state index >= 15 is 0 Å². The summed E-state index contributed by atoms with van der Waals surface area (Å²) in [7, 11) is -3.88. The average Bonchev–Trinajstić information content (AvgIpc) is 2.95. The third-order valence-corrected chi connectivity index (χ3v) is 5.51. The lowest BCUT2D eigenvalue weighted by atomic mass is 10.4. The van der Waals surface area contributed by atoms with Gasteiger partial charge in [-0.05, 0) is 20.8 Å². The Morgan fingerprint density at radius 3 is 2.62 bits per heavy atom. The van der Waals surface area contributed by atoms with Crippen molar-refractivity contribution in [3.63, 3.8) is 0 Å². The van der Waals surface area contributed by atoms with Crippen molar-refractivity contribution in [1.82, 2.24) is 9.71 Å². The maximum atomic E-state index is 12.3. The molecule has 0 radical (unpaired) electrons. The first-order valence-corrected chi connectivity index (χ1v) is 8.35. The van der Waals surface area contributed by atoms with Gasteiger partial charge in [0, 0.05) is 17.1 Å². The first kappa shape index (κ1) is 15.7. The number of carboxylic acids is 1. The van der Waals surface area contributed by atoms with E-state index in [9.17, 15) is 13.2 Å². The van der Waals surface area contributed by atoms with Crippen molar-refractivity contribution in [2.24, 2.45) is 0 Å². The molecule has 2 N–H and O–H groups in total. The minimum absolute atomic E-state index is 0.0300. The van der Waals surface area contributed by atoms with E-state index < -0.39 is 27.8 Å². The van der Waals surface area contributed by atoms with Gasteiger partial charge in [0.05, 0.1) is 6.04 Å². The van der Waals surface area contributed by atoms with E-state index in [0.717, 1.165) is 11.8 Å². The van der Waals surface area contributed by atoms with Crippen LogP contribution in [0.1, 0.15) is 40.0 Å². The number of nitrogens with zero attached hydrogens (tertiary/aromatic N) is 1. The zero-order chi connectivity index (χ0) is 15.8. The van der Waals surface area contributed by atoms with E-state index in [2.05, 4.69) is 9.71 Å². The van der Waals surface area contributed by atoms with Gasteiger partial charge in [-0.2, -0.15) is 0 Å². The molecule has 9 heteroatoms. The van der Waals surface area contributed by atoms with Crippen molar-refractivity contribution >= 4 is 27.3 Å². The van der Waals surface area contributed by atoms with Crippen LogP contribution in [0.2, 0.25) is 0 Å². The predicted octanol–water partition coefficient (Wildman–Crippen LogP) is 2.09. The van der Waals surface area contributed by atoms with Crippen LogP contribution in [0.4, 0.5) is 0 Å². The molecule has 0 aliphatic carbocycles. The average molecular weight is 330 g/mol. The number of thiazole rings is 1. The molecule has 0 saturated carbocycles. The highest BCUT2D eigenvalue weighted by Crippen LogP contribution is 2.24. The molecular weight excluding hydrogens is 316 g/mol. The second-order valence-corrected chi connectivity index (χ2v) is 7.08. The molecule has 0 aliphatic heterocycles. The van der Waals surface area contributed by atoms with Crippen LogP contribution in [-0.2, 0) is 10.0 Å². The summed E-state index contributed by atoms with van der Waals surface area (Å²) in [6.45, 7) is 4.89. The number of carbonyl (C=O) groups is 1. The normalized spacial score (nSPS) is 13.3. The molecule has 2 rings (SSSR count).